The van der Waals surface area contributed by atoms with Crippen LogP contribution in [0.15, 0.2) is 52.2 Å². The largest absolute Gasteiger partial charge is 0.469 e. The zero-order valence-corrected chi connectivity index (χ0v) is 16.9. The molecule has 0 spiro atoms. The number of aromatic nitrogens is 1. The monoisotopic (exact) mass is 397 g/mol. The predicted molar refractivity (Wildman–Crippen MR) is 114 cm³/mol. The highest BCUT2D eigenvalue weighted by atomic mass is 16.5. The summed E-state index contributed by atoms with van der Waals surface area (Å²) in [5.41, 5.74) is 0. The molecule has 0 saturated carbocycles. The van der Waals surface area contributed by atoms with E-state index in [1.54, 1.807) is 6.26 Å². The molecule has 7 nitrogen and oxygen atoms in total. The van der Waals surface area contributed by atoms with E-state index in [-0.39, 0.29) is 6.10 Å². The van der Waals surface area contributed by atoms with Crippen molar-refractivity contribution in [2.45, 2.75) is 44.2 Å². The Labute approximate surface area is 172 Å². The van der Waals surface area contributed by atoms with Gasteiger partial charge in [-0.05, 0) is 49.9 Å². The van der Waals surface area contributed by atoms with Gasteiger partial charge in [0, 0.05) is 44.9 Å². The zero-order chi connectivity index (χ0) is 19.7. The summed E-state index contributed by atoms with van der Waals surface area (Å²) in [5.74, 6) is 2.93. The second-order valence-electron chi connectivity index (χ2n) is 7.67. The van der Waals surface area contributed by atoms with Crippen LogP contribution in [0, 0.1) is 0 Å². The lowest BCUT2D eigenvalue weighted by Gasteiger charge is -2.33. The summed E-state index contributed by atoms with van der Waals surface area (Å²) in [7, 11) is 0. The van der Waals surface area contributed by atoms with Crippen LogP contribution in [0.1, 0.15) is 31.4 Å². The lowest BCUT2D eigenvalue weighted by molar-refractivity contribution is 0.117. The van der Waals surface area contributed by atoms with Gasteiger partial charge in [-0.3, -0.25) is 4.99 Å². The molecule has 2 aromatic heterocycles. The minimum absolute atomic E-state index is 0.254. The molecule has 2 aliphatic rings. The number of nitrogens with one attached hydrogen (secondary N) is 2. The van der Waals surface area contributed by atoms with Crippen molar-refractivity contribution in [2.75, 3.05) is 37.7 Å². The molecule has 2 aliphatic heterocycles. The van der Waals surface area contributed by atoms with E-state index < -0.39 is 0 Å². The van der Waals surface area contributed by atoms with Gasteiger partial charge < -0.3 is 24.7 Å². The Morgan fingerprint density at radius 2 is 2.10 bits per heavy atom. The van der Waals surface area contributed by atoms with Crippen molar-refractivity contribution in [3.05, 3.63) is 48.6 Å². The first-order valence-electron chi connectivity index (χ1n) is 10.7. The molecule has 7 heteroatoms. The average Bonchev–Trinajstić information content (AvgIpc) is 3.47. The third-order valence-electron chi connectivity index (χ3n) is 5.53. The Hall–Kier alpha value is -2.54. The number of guanidine groups is 1. The highest BCUT2D eigenvalue weighted by Crippen LogP contribution is 2.17. The van der Waals surface area contributed by atoms with Gasteiger partial charge in [0.1, 0.15) is 11.6 Å². The summed E-state index contributed by atoms with van der Waals surface area (Å²) in [6, 6.07) is 10.4. The molecule has 156 valence electrons. The lowest BCUT2D eigenvalue weighted by atomic mass is 10.1. The normalized spacial score (nSPS) is 20.8. The van der Waals surface area contributed by atoms with Gasteiger partial charge in [0.25, 0.3) is 0 Å². The summed E-state index contributed by atoms with van der Waals surface area (Å²) in [6.07, 6.45) is 9.04. The maximum absolute atomic E-state index is 5.73. The molecule has 0 radical (unpaired) electrons. The third-order valence-corrected chi connectivity index (χ3v) is 5.53. The van der Waals surface area contributed by atoms with Gasteiger partial charge in [-0.2, -0.15) is 0 Å². The molecular formula is C22H31N5O2. The summed E-state index contributed by atoms with van der Waals surface area (Å²) in [4.78, 5) is 11.6. The third kappa shape index (κ3) is 5.97. The van der Waals surface area contributed by atoms with Gasteiger partial charge in [0.05, 0.1) is 18.9 Å². The molecule has 2 saturated heterocycles. The van der Waals surface area contributed by atoms with E-state index >= 15 is 0 Å². The molecule has 0 amide bonds. The van der Waals surface area contributed by atoms with E-state index in [2.05, 4.69) is 26.6 Å². The van der Waals surface area contributed by atoms with Gasteiger partial charge in [0.2, 0.25) is 0 Å². The van der Waals surface area contributed by atoms with Crippen molar-refractivity contribution in [1.29, 1.82) is 0 Å². The smallest absolute Gasteiger partial charge is 0.191 e. The number of rotatable bonds is 7. The van der Waals surface area contributed by atoms with E-state index in [4.69, 9.17) is 14.1 Å². The van der Waals surface area contributed by atoms with E-state index in [0.29, 0.717) is 12.6 Å². The van der Waals surface area contributed by atoms with Gasteiger partial charge in [-0.25, -0.2) is 4.98 Å². The number of piperidine rings is 1. The van der Waals surface area contributed by atoms with E-state index in [9.17, 15) is 0 Å². The van der Waals surface area contributed by atoms with Crippen LogP contribution >= 0.6 is 0 Å². The summed E-state index contributed by atoms with van der Waals surface area (Å²) in [5, 5.41) is 7.11. The molecule has 2 fully saturated rings. The topological polar surface area (TPSA) is 74.9 Å². The number of anilines is 1. The van der Waals surface area contributed by atoms with Crippen LogP contribution in [0.25, 0.3) is 0 Å². The average molecular weight is 398 g/mol. The molecule has 4 heterocycles. The number of aliphatic imine (C=N–C) groups is 1. The Morgan fingerprint density at radius 3 is 2.83 bits per heavy atom. The van der Waals surface area contributed by atoms with Crippen LogP contribution in [0.2, 0.25) is 0 Å². The van der Waals surface area contributed by atoms with Crippen molar-refractivity contribution < 1.29 is 9.15 Å². The fraction of sp³-hybridized carbons (Fsp3) is 0.545. The van der Waals surface area contributed by atoms with E-state index in [1.165, 1.54) is 0 Å². The van der Waals surface area contributed by atoms with Crippen molar-refractivity contribution in [1.82, 2.24) is 15.6 Å². The fourth-order valence-electron chi connectivity index (χ4n) is 3.88. The Bertz CT molecular complexity index is 736. The van der Waals surface area contributed by atoms with Crippen LogP contribution < -0.4 is 15.5 Å². The summed E-state index contributed by atoms with van der Waals surface area (Å²) < 4.78 is 11.2. The Morgan fingerprint density at radius 1 is 1.17 bits per heavy atom. The van der Waals surface area contributed by atoms with Crippen molar-refractivity contribution >= 4 is 11.8 Å². The van der Waals surface area contributed by atoms with Gasteiger partial charge in [-0.1, -0.05) is 6.07 Å². The zero-order valence-electron chi connectivity index (χ0n) is 16.9. The van der Waals surface area contributed by atoms with Crippen molar-refractivity contribution in [2.24, 2.45) is 4.99 Å². The number of furan rings is 1. The van der Waals surface area contributed by atoms with Crippen LogP contribution in [-0.4, -0.2) is 55.9 Å². The number of nitrogens with zero attached hydrogens (tertiary/aromatic N) is 3. The second-order valence-corrected chi connectivity index (χ2v) is 7.67. The minimum Gasteiger partial charge on any atom is -0.469 e. The molecule has 2 N–H and O–H groups in total. The number of pyridine rings is 1. The minimum atomic E-state index is 0.254. The SMILES string of the molecule is c1ccc(N2CCC(NC(=NCC3CCCO3)NCCc3ccco3)CC2)nc1. The standard InChI is InChI=1S/C22H31N5O2/c1-2-11-23-21(7-1)27-13-9-18(10-14-27)26-22(25-17-20-6-4-16-29-20)24-12-8-19-5-3-15-28-19/h1-3,5,7,11,15,18,20H,4,6,8-10,12-14,16-17H2,(H2,24,25,26). The molecule has 2 aromatic rings. The molecule has 1 atom stereocenters. The lowest BCUT2D eigenvalue weighted by Crippen LogP contribution is -2.49. The maximum atomic E-state index is 5.73. The molecule has 0 bridgehead atoms. The van der Waals surface area contributed by atoms with Crippen LogP contribution in [0.5, 0.6) is 0 Å². The predicted octanol–water partition coefficient (Wildman–Crippen LogP) is 2.60. The molecule has 0 aromatic carbocycles. The molecule has 1 unspecified atom stereocenters. The summed E-state index contributed by atoms with van der Waals surface area (Å²) >= 11 is 0. The molecule has 0 aliphatic carbocycles. The fourth-order valence-corrected chi connectivity index (χ4v) is 3.88. The first-order chi connectivity index (χ1) is 14.4. The van der Waals surface area contributed by atoms with Gasteiger partial charge >= 0.3 is 0 Å². The number of hydrogen-bond donors (Lipinski definition) is 2. The van der Waals surface area contributed by atoms with E-state index in [0.717, 1.165) is 75.9 Å². The quantitative estimate of drug-likeness (QED) is 0.553. The van der Waals surface area contributed by atoms with Crippen molar-refractivity contribution in [3.8, 4) is 0 Å². The van der Waals surface area contributed by atoms with Gasteiger partial charge in [0.15, 0.2) is 5.96 Å². The molecule has 29 heavy (non-hydrogen) atoms. The number of ether oxygens (including phenoxy) is 1. The first-order valence-corrected chi connectivity index (χ1v) is 10.7. The van der Waals surface area contributed by atoms with E-state index in [1.807, 2.05) is 30.5 Å². The Balaban J connectivity index is 1.28. The second kappa shape index (κ2) is 10.3. The highest BCUT2D eigenvalue weighted by molar-refractivity contribution is 5.80. The van der Waals surface area contributed by atoms with Gasteiger partial charge in [-0.15, -0.1) is 0 Å². The van der Waals surface area contributed by atoms with Crippen LogP contribution in [0.3, 0.4) is 0 Å². The number of hydrogen-bond acceptors (Lipinski definition) is 5. The summed E-state index contributed by atoms with van der Waals surface area (Å²) in [6.45, 7) is 4.36. The highest BCUT2D eigenvalue weighted by Gasteiger charge is 2.21. The maximum Gasteiger partial charge on any atom is 0.191 e. The molecular weight excluding hydrogens is 366 g/mol. The Kier molecular flexibility index (Phi) is 7.02. The molecule has 4 rings (SSSR count). The first kappa shape index (κ1) is 19.8. The van der Waals surface area contributed by atoms with Crippen LogP contribution in [-0.2, 0) is 11.2 Å². The van der Waals surface area contributed by atoms with Crippen LogP contribution in [0.4, 0.5) is 5.82 Å². The van der Waals surface area contributed by atoms with Crippen molar-refractivity contribution in [3.63, 3.8) is 0 Å².